The molecule has 1 saturated heterocycles. The van der Waals surface area contributed by atoms with Gasteiger partial charge in [-0.05, 0) is 25.4 Å². The van der Waals surface area contributed by atoms with Crippen LogP contribution in [0.25, 0.3) is 0 Å². The standard InChI is InChI=1S/C15H24N4O2S/c1-12(13-4-3-9-22-13)17-14(20)10-18(2)11-15(21)19-7-5-16-6-8-19/h3-4,9,12,16H,5-8,10-11H2,1-2H3,(H,17,20). The molecule has 2 heterocycles. The zero-order valence-corrected chi connectivity index (χ0v) is 14.0. The summed E-state index contributed by atoms with van der Waals surface area (Å²) < 4.78 is 0. The first-order valence-electron chi connectivity index (χ1n) is 7.56. The lowest BCUT2D eigenvalue weighted by molar-refractivity contribution is -0.133. The third-order valence-electron chi connectivity index (χ3n) is 3.64. The Morgan fingerprint density at radius 1 is 1.41 bits per heavy atom. The molecule has 0 bridgehead atoms. The molecule has 22 heavy (non-hydrogen) atoms. The summed E-state index contributed by atoms with van der Waals surface area (Å²) in [5.74, 6) is 0.0274. The fraction of sp³-hybridized carbons (Fsp3) is 0.600. The highest BCUT2D eigenvalue weighted by Crippen LogP contribution is 2.17. The number of likely N-dealkylation sites (N-methyl/N-ethyl adjacent to an activating group) is 1. The molecule has 1 fully saturated rings. The van der Waals surface area contributed by atoms with Crippen LogP contribution in [-0.4, -0.2) is 67.9 Å². The second-order valence-corrected chi connectivity index (χ2v) is 6.59. The molecule has 7 heteroatoms. The first-order chi connectivity index (χ1) is 10.6. The Morgan fingerprint density at radius 2 is 2.14 bits per heavy atom. The van der Waals surface area contributed by atoms with Crippen LogP contribution in [0.3, 0.4) is 0 Å². The van der Waals surface area contributed by atoms with Crippen LogP contribution < -0.4 is 10.6 Å². The zero-order valence-electron chi connectivity index (χ0n) is 13.2. The number of carbonyl (C=O) groups excluding carboxylic acids is 2. The van der Waals surface area contributed by atoms with Crippen molar-refractivity contribution in [3.8, 4) is 0 Å². The number of rotatable bonds is 6. The van der Waals surface area contributed by atoms with Gasteiger partial charge in [-0.25, -0.2) is 0 Å². The fourth-order valence-corrected chi connectivity index (χ4v) is 3.18. The lowest BCUT2D eigenvalue weighted by atomic mass is 10.2. The molecule has 0 spiro atoms. The van der Waals surface area contributed by atoms with Gasteiger partial charge in [-0.1, -0.05) is 6.07 Å². The van der Waals surface area contributed by atoms with Crippen LogP contribution in [0.5, 0.6) is 0 Å². The van der Waals surface area contributed by atoms with Crippen molar-refractivity contribution in [3.63, 3.8) is 0 Å². The molecule has 1 atom stereocenters. The van der Waals surface area contributed by atoms with Gasteiger partial charge >= 0.3 is 0 Å². The number of hydrogen-bond acceptors (Lipinski definition) is 5. The SMILES string of the molecule is CC(NC(=O)CN(C)CC(=O)N1CCNCC1)c1cccs1. The van der Waals surface area contributed by atoms with Crippen LogP contribution in [0.15, 0.2) is 17.5 Å². The largest absolute Gasteiger partial charge is 0.348 e. The van der Waals surface area contributed by atoms with Crippen LogP contribution in [0.1, 0.15) is 17.8 Å². The Labute approximate surface area is 135 Å². The molecule has 0 radical (unpaired) electrons. The maximum Gasteiger partial charge on any atom is 0.236 e. The second-order valence-electron chi connectivity index (χ2n) is 5.61. The first-order valence-corrected chi connectivity index (χ1v) is 8.44. The maximum atomic E-state index is 12.1. The van der Waals surface area contributed by atoms with Gasteiger partial charge in [0.1, 0.15) is 0 Å². The van der Waals surface area contributed by atoms with E-state index in [2.05, 4.69) is 10.6 Å². The van der Waals surface area contributed by atoms with Crippen molar-refractivity contribution in [2.45, 2.75) is 13.0 Å². The molecule has 6 nitrogen and oxygen atoms in total. The molecule has 1 aliphatic heterocycles. The Kier molecular flexibility index (Phi) is 6.35. The smallest absolute Gasteiger partial charge is 0.236 e. The van der Waals surface area contributed by atoms with Gasteiger partial charge in [0.2, 0.25) is 11.8 Å². The fourth-order valence-electron chi connectivity index (χ4n) is 2.44. The number of piperazine rings is 1. The van der Waals surface area contributed by atoms with E-state index in [-0.39, 0.29) is 30.9 Å². The summed E-state index contributed by atoms with van der Waals surface area (Å²) in [6, 6.07) is 3.98. The third kappa shape index (κ3) is 5.08. The van der Waals surface area contributed by atoms with Crippen LogP contribution in [0.4, 0.5) is 0 Å². The van der Waals surface area contributed by atoms with Crippen LogP contribution in [0.2, 0.25) is 0 Å². The monoisotopic (exact) mass is 324 g/mol. The summed E-state index contributed by atoms with van der Waals surface area (Å²) in [5, 5.41) is 8.18. The van der Waals surface area contributed by atoms with Crippen molar-refractivity contribution in [1.29, 1.82) is 0 Å². The number of nitrogens with one attached hydrogen (secondary N) is 2. The molecule has 122 valence electrons. The second kappa shape index (κ2) is 8.26. The van der Waals surface area contributed by atoms with Crippen LogP contribution >= 0.6 is 11.3 Å². The molecular formula is C15H24N4O2S. The molecule has 1 aromatic heterocycles. The minimum absolute atomic E-state index is 0.00442. The number of thiophene rings is 1. The first kappa shape index (κ1) is 16.9. The van der Waals surface area contributed by atoms with Gasteiger partial charge in [0.05, 0.1) is 19.1 Å². The number of amides is 2. The molecule has 1 aliphatic rings. The molecule has 2 rings (SSSR count). The van der Waals surface area contributed by atoms with Gasteiger partial charge in [-0.15, -0.1) is 11.3 Å². The van der Waals surface area contributed by atoms with E-state index < -0.39 is 0 Å². The zero-order chi connectivity index (χ0) is 15.9. The molecule has 1 unspecified atom stereocenters. The Morgan fingerprint density at radius 3 is 2.77 bits per heavy atom. The quantitative estimate of drug-likeness (QED) is 0.789. The van der Waals surface area contributed by atoms with Gasteiger partial charge in [0, 0.05) is 31.1 Å². The van der Waals surface area contributed by atoms with Crippen LogP contribution in [0, 0.1) is 0 Å². The van der Waals surface area contributed by atoms with Crippen molar-refractivity contribution >= 4 is 23.2 Å². The van der Waals surface area contributed by atoms with E-state index in [1.165, 1.54) is 0 Å². The molecule has 0 aromatic carbocycles. The third-order valence-corrected chi connectivity index (χ3v) is 4.69. The molecule has 1 aromatic rings. The molecule has 0 saturated carbocycles. The molecule has 2 amide bonds. The van der Waals surface area contributed by atoms with E-state index in [9.17, 15) is 9.59 Å². The van der Waals surface area contributed by atoms with Crippen LogP contribution in [-0.2, 0) is 9.59 Å². The normalized spacial score (nSPS) is 16.6. The Hall–Kier alpha value is -1.44. The van der Waals surface area contributed by atoms with Gasteiger partial charge < -0.3 is 15.5 Å². The number of nitrogens with zero attached hydrogens (tertiary/aromatic N) is 2. The average molecular weight is 324 g/mol. The van der Waals surface area contributed by atoms with Gasteiger partial charge in [-0.3, -0.25) is 14.5 Å². The topological polar surface area (TPSA) is 64.7 Å². The summed E-state index contributed by atoms with van der Waals surface area (Å²) >= 11 is 1.63. The van der Waals surface area contributed by atoms with E-state index in [4.69, 9.17) is 0 Å². The predicted octanol–water partition coefficient (Wildman–Crippen LogP) is 0.289. The molecule has 2 N–H and O–H groups in total. The Balaban J connectivity index is 1.72. The average Bonchev–Trinajstić information content (AvgIpc) is 3.02. The summed E-state index contributed by atoms with van der Waals surface area (Å²) in [7, 11) is 1.80. The minimum Gasteiger partial charge on any atom is -0.348 e. The van der Waals surface area contributed by atoms with Crippen molar-refractivity contribution < 1.29 is 9.59 Å². The lowest BCUT2D eigenvalue weighted by Crippen LogP contribution is -2.50. The van der Waals surface area contributed by atoms with Gasteiger partial charge in [-0.2, -0.15) is 0 Å². The summed E-state index contributed by atoms with van der Waals surface area (Å²) in [6.45, 7) is 5.65. The highest BCUT2D eigenvalue weighted by Gasteiger charge is 2.19. The predicted molar refractivity (Wildman–Crippen MR) is 87.8 cm³/mol. The van der Waals surface area contributed by atoms with Gasteiger partial charge in [0.15, 0.2) is 0 Å². The summed E-state index contributed by atoms with van der Waals surface area (Å²) in [5.41, 5.74) is 0. The number of carbonyl (C=O) groups is 2. The van der Waals surface area contributed by atoms with Crippen molar-refractivity contribution in [3.05, 3.63) is 22.4 Å². The molecular weight excluding hydrogens is 300 g/mol. The maximum absolute atomic E-state index is 12.1. The lowest BCUT2D eigenvalue weighted by Gasteiger charge is -2.29. The van der Waals surface area contributed by atoms with Crippen molar-refractivity contribution in [2.75, 3.05) is 46.3 Å². The van der Waals surface area contributed by atoms with Crippen molar-refractivity contribution in [1.82, 2.24) is 20.4 Å². The van der Waals surface area contributed by atoms with Crippen molar-refractivity contribution in [2.24, 2.45) is 0 Å². The van der Waals surface area contributed by atoms with E-state index in [1.54, 1.807) is 23.3 Å². The number of hydrogen-bond donors (Lipinski definition) is 2. The highest BCUT2D eigenvalue weighted by molar-refractivity contribution is 7.10. The van der Waals surface area contributed by atoms with E-state index >= 15 is 0 Å². The summed E-state index contributed by atoms with van der Waals surface area (Å²) in [4.78, 5) is 28.9. The van der Waals surface area contributed by atoms with E-state index in [0.717, 1.165) is 31.1 Å². The molecule has 0 aliphatic carbocycles. The minimum atomic E-state index is -0.0588. The van der Waals surface area contributed by atoms with Gasteiger partial charge in [0.25, 0.3) is 0 Å². The Bertz CT molecular complexity index is 486. The highest BCUT2D eigenvalue weighted by atomic mass is 32.1. The van der Waals surface area contributed by atoms with E-state index in [1.807, 2.05) is 29.3 Å². The summed E-state index contributed by atoms with van der Waals surface area (Å²) in [6.07, 6.45) is 0. The van der Waals surface area contributed by atoms with E-state index in [0.29, 0.717) is 0 Å².